The van der Waals surface area contributed by atoms with E-state index in [2.05, 4.69) is 4.98 Å². The van der Waals surface area contributed by atoms with Crippen LogP contribution in [0.15, 0.2) is 69.4 Å². The Kier molecular flexibility index (Phi) is 5.10. The van der Waals surface area contributed by atoms with Gasteiger partial charge in [0.2, 0.25) is 0 Å². The number of thioether (sulfide) groups is 1. The number of allylic oxidation sites excluding steroid dienone is 4. The van der Waals surface area contributed by atoms with Crippen molar-refractivity contribution in [3.8, 4) is 0 Å². The van der Waals surface area contributed by atoms with Crippen molar-refractivity contribution in [2.75, 3.05) is 0 Å². The number of rotatable bonds is 7. The zero-order chi connectivity index (χ0) is 20.8. The molecule has 0 radical (unpaired) electrons. The fraction of sp³-hybridized carbons (Fsp3) is 0.238. The number of carboxylic acid groups (broad SMARTS) is 1. The Morgan fingerprint density at radius 2 is 2.03 bits per heavy atom. The third-order valence-corrected chi connectivity index (χ3v) is 6.93. The average Bonchev–Trinajstić information content (AvgIpc) is 3.13. The van der Waals surface area contributed by atoms with Gasteiger partial charge >= 0.3 is 5.97 Å². The summed E-state index contributed by atoms with van der Waals surface area (Å²) in [4.78, 5) is 17.3. The average molecular weight is 431 g/mol. The first-order valence-electron chi connectivity index (χ1n) is 9.00. The predicted octanol–water partition coefficient (Wildman–Crippen LogP) is 4.44. The van der Waals surface area contributed by atoms with Crippen LogP contribution in [0.1, 0.15) is 25.1 Å². The Morgan fingerprint density at radius 3 is 2.69 bits per heavy atom. The molecule has 0 fully saturated rings. The fourth-order valence-corrected chi connectivity index (χ4v) is 5.38. The van der Waals surface area contributed by atoms with Crippen molar-refractivity contribution in [2.24, 2.45) is 0 Å². The second-order valence-corrected chi connectivity index (χ2v) is 9.97. The molecule has 0 aliphatic carbocycles. The molecule has 150 valence electrons. The maximum absolute atomic E-state index is 14.5. The lowest BCUT2D eigenvalue weighted by molar-refractivity contribution is -0.138. The minimum absolute atomic E-state index is 0.209. The number of hydrogen-bond donors (Lipinski definition) is 2. The van der Waals surface area contributed by atoms with E-state index in [1.807, 2.05) is 36.4 Å². The predicted molar refractivity (Wildman–Crippen MR) is 112 cm³/mol. The largest absolute Gasteiger partial charge is 0.480 e. The van der Waals surface area contributed by atoms with E-state index >= 15 is 0 Å². The van der Waals surface area contributed by atoms with Gasteiger partial charge in [-0.15, -0.1) is 11.3 Å². The maximum Gasteiger partial charge on any atom is 0.319 e. The summed E-state index contributed by atoms with van der Waals surface area (Å²) < 4.78 is 14.2. The number of aromatic nitrogens is 1. The Hall–Kier alpha value is -2.42. The Labute approximate surface area is 175 Å². The summed E-state index contributed by atoms with van der Waals surface area (Å²) in [6.45, 7) is 3.24. The first-order valence-corrected chi connectivity index (χ1v) is 10.7. The van der Waals surface area contributed by atoms with Crippen molar-refractivity contribution in [1.29, 1.82) is 0 Å². The molecule has 0 saturated heterocycles. The second-order valence-electron chi connectivity index (χ2n) is 7.24. The molecule has 1 atom stereocenters. The molecule has 0 spiro atoms. The van der Waals surface area contributed by atoms with E-state index in [4.69, 9.17) is 0 Å². The van der Waals surface area contributed by atoms with Crippen LogP contribution in [0.5, 0.6) is 0 Å². The molecule has 5 nitrogen and oxygen atoms in total. The first kappa shape index (κ1) is 19.9. The van der Waals surface area contributed by atoms with Crippen LogP contribution < -0.4 is 0 Å². The number of hydrogen-bond acceptors (Lipinski definition) is 6. The molecule has 4 rings (SSSR count). The van der Waals surface area contributed by atoms with Crippen LogP contribution >= 0.6 is 23.1 Å². The highest BCUT2D eigenvalue weighted by Gasteiger charge is 2.41. The van der Waals surface area contributed by atoms with Crippen LogP contribution in [-0.2, 0) is 11.2 Å². The lowest BCUT2D eigenvalue weighted by atomic mass is 9.89. The molecule has 3 heterocycles. The van der Waals surface area contributed by atoms with Crippen LogP contribution in [0.25, 0.3) is 5.57 Å². The molecule has 1 aromatic carbocycles. The van der Waals surface area contributed by atoms with E-state index in [1.54, 1.807) is 30.2 Å². The smallest absolute Gasteiger partial charge is 0.319 e. The van der Waals surface area contributed by atoms with Gasteiger partial charge in [0, 0.05) is 17.4 Å². The quantitative estimate of drug-likeness (QED) is 0.633. The lowest BCUT2D eigenvalue weighted by Gasteiger charge is -2.43. The standard InChI is InChI=1S/C21H19FN2O3S2/c1-21(2,19(26)27)29-20-23-13(11-28-20)10-16(25)24-15-9-8-14(18(24)17(15)22)12-6-4-3-5-7-12/h3-9,11,16,25H,10H2,1-2H3,(H,26,27). The van der Waals surface area contributed by atoms with E-state index in [9.17, 15) is 19.4 Å². The molecule has 2 N–H and O–H groups in total. The molecule has 2 aliphatic heterocycles. The highest BCUT2D eigenvalue weighted by molar-refractivity contribution is 8.02. The number of fused-ring (bicyclic) bond motifs is 2. The topological polar surface area (TPSA) is 73.7 Å². The van der Waals surface area contributed by atoms with Crippen LogP contribution in [-0.4, -0.2) is 37.0 Å². The zero-order valence-corrected chi connectivity index (χ0v) is 17.4. The van der Waals surface area contributed by atoms with Crippen molar-refractivity contribution in [3.63, 3.8) is 0 Å². The van der Waals surface area contributed by atoms with E-state index in [-0.39, 0.29) is 12.2 Å². The van der Waals surface area contributed by atoms with Gasteiger partial charge < -0.3 is 15.1 Å². The third kappa shape index (κ3) is 3.63. The fourth-order valence-electron chi connectivity index (χ4n) is 3.17. The molecule has 1 unspecified atom stereocenters. The molecule has 0 amide bonds. The van der Waals surface area contributed by atoms with Gasteiger partial charge in [-0.2, -0.15) is 0 Å². The van der Waals surface area contributed by atoms with E-state index in [1.165, 1.54) is 23.1 Å². The molecular weight excluding hydrogens is 411 g/mol. The second kappa shape index (κ2) is 7.44. The van der Waals surface area contributed by atoms with Crippen LogP contribution in [0.4, 0.5) is 4.39 Å². The summed E-state index contributed by atoms with van der Waals surface area (Å²) in [5, 5.41) is 21.8. The van der Waals surface area contributed by atoms with Crippen LogP contribution in [0.3, 0.4) is 0 Å². The molecular formula is C21H19FN2O3S2. The summed E-state index contributed by atoms with van der Waals surface area (Å²) in [6, 6.07) is 9.49. The van der Waals surface area contributed by atoms with Gasteiger partial charge in [-0.1, -0.05) is 42.1 Å². The van der Waals surface area contributed by atoms with E-state index in [0.717, 1.165) is 11.1 Å². The minimum atomic E-state index is -0.990. The number of thiazole rings is 1. The third-order valence-electron chi connectivity index (χ3n) is 4.76. The van der Waals surface area contributed by atoms with Crippen molar-refractivity contribution in [2.45, 2.75) is 35.6 Å². The summed E-state index contributed by atoms with van der Waals surface area (Å²) in [5.74, 6) is -1.23. The molecule has 2 aromatic rings. The number of aliphatic carboxylic acids is 1. The molecule has 29 heavy (non-hydrogen) atoms. The molecule has 2 aliphatic rings. The summed E-state index contributed by atoms with van der Waals surface area (Å²) in [7, 11) is 0. The van der Waals surface area contributed by atoms with Crippen molar-refractivity contribution in [3.05, 3.63) is 76.3 Å². The number of nitrogens with zero attached hydrogens (tertiary/aromatic N) is 2. The highest BCUT2D eigenvalue weighted by Crippen LogP contribution is 2.48. The number of aliphatic hydroxyl groups is 1. The molecule has 2 bridgehead atoms. The molecule has 0 saturated carbocycles. The Balaban J connectivity index is 1.48. The number of benzene rings is 1. The summed E-state index contributed by atoms with van der Waals surface area (Å²) in [6.07, 6.45) is 2.78. The number of carboxylic acids is 1. The maximum atomic E-state index is 14.5. The van der Waals surface area contributed by atoms with E-state index in [0.29, 0.717) is 21.4 Å². The number of aliphatic hydroxyl groups excluding tert-OH is 1. The van der Waals surface area contributed by atoms with Gasteiger partial charge in [0.15, 0.2) is 10.2 Å². The van der Waals surface area contributed by atoms with Gasteiger partial charge in [0.25, 0.3) is 0 Å². The molecule has 8 heteroatoms. The zero-order valence-electron chi connectivity index (χ0n) is 15.8. The van der Waals surface area contributed by atoms with Gasteiger partial charge in [-0.05, 0) is 31.6 Å². The number of halogens is 1. The van der Waals surface area contributed by atoms with Gasteiger partial charge in [0.1, 0.15) is 11.0 Å². The number of carbonyl (C=O) groups is 1. The Morgan fingerprint density at radius 1 is 1.31 bits per heavy atom. The highest BCUT2D eigenvalue weighted by atomic mass is 32.2. The lowest BCUT2D eigenvalue weighted by Crippen LogP contribution is -2.44. The van der Waals surface area contributed by atoms with Crippen LogP contribution in [0, 0.1) is 0 Å². The first-order chi connectivity index (χ1) is 13.8. The van der Waals surface area contributed by atoms with Gasteiger partial charge in [-0.3, -0.25) is 4.79 Å². The van der Waals surface area contributed by atoms with Crippen molar-refractivity contribution < 1.29 is 19.4 Å². The summed E-state index contributed by atoms with van der Waals surface area (Å²) >= 11 is 2.51. The summed E-state index contributed by atoms with van der Waals surface area (Å²) in [5.41, 5.74) is 3.01. The normalized spacial score (nSPS) is 16.9. The van der Waals surface area contributed by atoms with Crippen molar-refractivity contribution >= 4 is 34.6 Å². The van der Waals surface area contributed by atoms with Crippen LogP contribution in [0.2, 0.25) is 0 Å². The monoisotopic (exact) mass is 430 g/mol. The van der Waals surface area contributed by atoms with Gasteiger partial charge in [0.05, 0.1) is 17.1 Å². The van der Waals surface area contributed by atoms with Gasteiger partial charge in [-0.25, -0.2) is 9.37 Å². The SMILES string of the molecule is CC(C)(Sc1nc(CC(O)N2c3ccc(-c4ccccc4)c2c3F)cs1)C(=O)O. The Bertz CT molecular complexity index is 1060. The molecule has 1 aromatic heterocycles. The van der Waals surface area contributed by atoms with Crippen molar-refractivity contribution in [1.82, 2.24) is 9.88 Å². The minimum Gasteiger partial charge on any atom is -0.480 e. The van der Waals surface area contributed by atoms with E-state index < -0.39 is 16.9 Å².